The monoisotopic (exact) mass is 284 g/mol. The van der Waals surface area contributed by atoms with E-state index in [1.54, 1.807) is 19.1 Å². The van der Waals surface area contributed by atoms with Crippen molar-refractivity contribution in [1.82, 2.24) is 10.6 Å². The van der Waals surface area contributed by atoms with Crippen LogP contribution in [0.4, 0.5) is 0 Å². The SMILES string of the molecule is CC(=O)SCC(C)C(=O)NC1(C(=O)O)C=CC=CN1. The molecule has 0 saturated carbocycles. The largest absolute Gasteiger partial charge is 0.478 e. The van der Waals surface area contributed by atoms with Crippen LogP contribution < -0.4 is 10.6 Å². The molecule has 3 N–H and O–H groups in total. The molecule has 1 amide bonds. The third kappa shape index (κ3) is 4.13. The van der Waals surface area contributed by atoms with Crippen molar-refractivity contribution in [1.29, 1.82) is 0 Å². The van der Waals surface area contributed by atoms with Gasteiger partial charge >= 0.3 is 5.97 Å². The molecule has 104 valence electrons. The number of carbonyl (C=O) groups excluding carboxylic acids is 2. The summed E-state index contributed by atoms with van der Waals surface area (Å²) in [6, 6.07) is 0. The van der Waals surface area contributed by atoms with E-state index >= 15 is 0 Å². The lowest BCUT2D eigenvalue weighted by molar-refractivity contribution is -0.146. The Bertz CT molecular complexity index is 447. The van der Waals surface area contributed by atoms with E-state index in [1.807, 2.05) is 0 Å². The first-order valence-electron chi connectivity index (χ1n) is 5.68. The lowest BCUT2D eigenvalue weighted by atomic mass is 10.1. The number of thioether (sulfide) groups is 1. The van der Waals surface area contributed by atoms with Gasteiger partial charge in [0.15, 0.2) is 5.12 Å². The molecule has 0 aromatic carbocycles. The Kier molecular flexibility index (Phi) is 5.17. The van der Waals surface area contributed by atoms with Crippen molar-refractivity contribution in [2.45, 2.75) is 19.5 Å². The smallest absolute Gasteiger partial charge is 0.354 e. The molecular formula is C12H16N2O4S. The Balaban J connectivity index is 2.67. The second-order valence-corrected chi connectivity index (χ2v) is 5.37. The summed E-state index contributed by atoms with van der Waals surface area (Å²) in [6.07, 6.45) is 5.98. The lowest BCUT2D eigenvalue weighted by Gasteiger charge is -2.30. The van der Waals surface area contributed by atoms with Crippen molar-refractivity contribution < 1.29 is 19.5 Å². The number of allylic oxidation sites excluding steroid dienone is 2. The molecule has 0 aromatic heterocycles. The Morgan fingerprint density at radius 1 is 1.42 bits per heavy atom. The number of aliphatic carboxylic acids is 1. The van der Waals surface area contributed by atoms with Crippen LogP contribution >= 0.6 is 11.8 Å². The van der Waals surface area contributed by atoms with Crippen molar-refractivity contribution in [3.05, 3.63) is 24.4 Å². The van der Waals surface area contributed by atoms with Gasteiger partial charge in [-0.3, -0.25) is 9.59 Å². The van der Waals surface area contributed by atoms with Crippen LogP contribution in [0.1, 0.15) is 13.8 Å². The topological polar surface area (TPSA) is 95.5 Å². The quantitative estimate of drug-likeness (QED) is 0.679. The summed E-state index contributed by atoms with van der Waals surface area (Å²) in [5.74, 6) is -1.78. The standard InChI is InChI=1S/C12H16N2O4S/c1-8(7-19-9(2)15)10(16)14-12(11(17)18)5-3-4-6-13-12/h3-6,8,13H,7H2,1-2H3,(H,14,16)(H,17,18). The first-order chi connectivity index (χ1) is 8.87. The van der Waals surface area contributed by atoms with E-state index in [2.05, 4.69) is 10.6 Å². The Morgan fingerprint density at radius 3 is 2.58 bits per heavy atom. The average Bonchev–Trinajstić information content (AvgIpc) is 2.36. The summed E-state index contributed by atoms with van der Waals surface area (Å²) in [6.45, 7) is 3.06. The molecule has 1 aliphatic heterocycles. The number of carboxylic acid groups (broad SMARTS) is 1. The fraction of sp³-hybridized carbons (Fsp3) is 0.417. The molecule has 6 nitrogen and oxygen atoms in total. The normalized spacial score (nSPS) is 22.4. The van der Waals surface area contributed by atoms with Crippen LogP contribution in [0.2, 0.25) is 0 Å². The van der Waals surface area contributed by atoms with Crippen LogP contribution in [0, 0.1) is 5.92 Å². The molecule has 1 aliphatic rings. The van der Waals surface area contributed by atoms with E-state index < -0.39 is 23.5 Å². The molecule has 0 fully saturated rings. The molecule has 2 atom stereocenters. The van der Waals surface area contributed by atoms with Gasteiger partial charge in [-0.2, -0.15) is 0 Å². The highest BCUT2D eigenvalue weighted by molar-refractivity contribution is 8.13. The summed E-state index contributed by atoms with van der Waals surface area (Å²) in [4.78, 5) is 34.1. The van der Waals surface area contributed by atoms with Crippen LogP contribution in [0.15, 0.2) is 24.4 Å². The first kappa shape index (κ1) is 15.3. The zero-order valence-electron chi connectivity index (χ0n) is 10.7. The summed E-state index contributed by atoms with van der Waals surface area (Å²) in [5, 5.41) is 14.2. The lowest BCUT2D eigenvalue weighted by Crippen LogP contribution is -2.62. The third-order valence-electron chi connectivity index (χ3n) is 2.51. The maximum absolute atomic E-state index is 11.9. The van der Waals surface area contributed by atoms with Gasteiger partial charge in [-0.1, -0.05) is 24.8 Å². The van der Waals surface area contributed by atoms with Crippen LogP contribution in [0.25, 0.3) is 0 Å². The van der Waals surface area contributed by atoms with Crippen LogP contribution in [0.3, 0.4) is 0 Å². The van der Waals surface area contributed by atoms with Crippen LogP contribution in [-0.2, 0) is 14.4 Å². The van der Waals surface area contributed by atoms with E-state index in [4.69, 9.17) is 0 Å². The zero-order valence-corrected chi connectivity index (χ0v) is 11.5. The molecule has 0 aliphatic carbocycles. The van der Waals surface area contributed by atoms with Gasteiger partial charge in [0.2, 0.25) is 11.6 Å². The van der Waals surface area contributed by atoms with E-state index in [-0.39, 0.29) is 5.12 Å². The highest BCUT2D eigenvalue weighted by atomic mass is 32.2. The van der Waals surface area contributed by atoms with Crippen molar-refractivity contribution in [3.63, 3.8) is 0 Å². The number of carbonyl (C=O) groups is 3. The number of hydrogen-bond acceptors (Lipinski definition) is 5. The van der Waals surface area contributed by atoms with Crippen molar-refractivity contribution in [2.24, 2.45) is 5.92 Å². The van der Waals surface area contributed by atoms with E-state index in [0.29, 0.717) is 5.75 Å². The molecule has 2 unspecified atom stereocenters. The highest BCUT2D eigenvalue weighted by Crippen LogP contribution is 2.13. The Morgan fingerprint density at radius 2 is 2.11 bits per heavy atom. The predicted molar refractivity (Wildman–Crippen MR) is 72.2 cm³/mol. The molecule has 7 heteroatoms. The molecule has 0 aromatic rings. The molecule has 1 rings (SSSR count). The van der Waals surface area contributed by atoms with Gasteiger partial charge in [0.25, 0.3) is 0 Å². The van der Waals surface area contributed by atoms with Crippen LogP contribution in [-0.4, -0.2) is 33.5 Å². The Labute approximate surface area is 115 Å². The molecule has 0 radical (unpaired) electrons. The minimum absolute atomic E-state index is 0.0776. The molecule has 19 heavy (non-hydrogen) atoms. The first-order valence-corrected chi connectivity index (χ1v) is 6.67. The molecule has 0 spiro atoms. The van der Waals surface area contributed by atoms with Crippen molar-refractivity contribution in [3.8, 4) is 0 Å². The van der Waals surface area contributed by atoms with Gasteiger partial charge in [0.1, 0.15) is 0 Å². The molecule has 1 heterocycles. The summed E-state index contributed by atoms with van der Waals surface area (Å²) < 4.78 is 0. The fourth-order valence-corrected chi connectivity index (χ4v) is 2.02. The van der Waals surface area contributed by atoms with Gasteiger partial charge in [-0.25, -0.2) is 4.79 Å². The van der Waals surface area contributed by atoms with Gasteiger partial charge in [-0.15, -0.1) is 0 Å². The summed E-state index contributed by atoms with van der Waals surface area (Å²) in [7, 11) is 0. The molecular weight excluding hydrogens is 268 g/mol. The minimum atomic E-state index is -1.62. The van der Waals surface area contributed by atoms with Crippen molar-refractivity contribution >= 4 is 28.8 Å². The van der Waals surface area contributed by atoms with Gasteiger partial charge in [-0.05, 0) is 18.4 Å². The number of rotatable bonds is 5. The minimum Gasteiger partial charge on any atom is -0.478 e. The zero-order chi connectivity index (χ0) is 14.5. The van der Waals surface area contributed by atoms with Gasteiger partial charge in [0.05, 0.1) is 0 Å². The fourth-order valence-electron chi connectivity index (χ4n) is 1.38. The number of carboxylic acids is 1. The molecule has 0 saturated heterocycles. The second-order valence-electron chi connectivity index (χ2n) is 4.17. The Hall–Kier alpha value is -1.76. The third-order valence-corrected chi connectivity index (χ3v) is 3.58. The van der Waals surface area contributed by atoms with E-state index in [1.165, 1.54) is 19.2 Å². The number of dihydropyridines is 1. The second kappa shape index (κ2) is 6.42. The van der Waals surface area contributed by atoms with Crippen molar-refractivity contribution in [2.75, 3.05) is 5.75 Å². The average molecular weight is 284 g/mol. The number of amides is 1. The summed E-state index contributed by atoms with van der Waals surface area (Å²) in [5.41, 5.74) is -1.62. The van der Waals surface area contributed by atoms with E-state index in [0.717, 1.165) is 11.8 Å². The van der Waals surface area contributed by atoms with E-state index in [9.17, 15) is 19.5 Å². The van der Waals surface area contributed by atoms with Gasteiger partial charge in [0, 0.05) is 18.6 Å². The number of hydrogen-bond donors (Lipinski definition) is 3. The maximum Gasteiger partial charge on any atom is 0.354 e. The number of nitrogens with one attached hydrogen (secondary N) is 2. The summed E-state index contributed by atoms with van der Waals surface area (Å²) >= 11 is 1.04. The van der Waals surface area contributed by atoms with Crippen LogP contribution in [0.5, 0.6) is 0 Å². The maximum atomic E-state index is 11.9. The molecule has 0 bridgehead atoms. The highest BCUT2D eigenvalue weighted by Gasteiger charge is 2.38. The predicted octanol–water partition coefficient (Wildman–Crippen LogP) is 0.472. The van der Waals surface area contributed by atoms with Gasteiger partial charge < -0.3 is 15.7 Å².